The maximum atomic E-state index is 5.95. The van der Waals surface area contributed by atoms with Crippen LogP contribution in [0.2, 0.25) is 0 Å². The minimum atomic E-state index is 0.0152. The highest BCUT2D eigenvalue weighted by molar-refractivity contribution is 5.37. The van der Waals surface area contributed by atoms with Gasteiger partial charge in [-0.1, -0.05) is 30.3 Å². The van der Waals surface area contributed by atoms with Crippen molar-refractivity contribution in [3.63, 3.8) is 0 Å². The van der Waals surface area contributed by atoms with Gasteiger partial charge in [-0.05, 0) is 37.3 Å². The lowest BCUT2D eigenvalue weighted by Gasteiger charge is -2.34. The van der Waals surface area contributed by atoms with Gasteiger partial charge in [-0.25, -0.2) is 9.97 Å². The molecular weight excluding hydrogens is 324 g/mol. The number of ether oxygens (including phenoxy) is 1. The average molecular weight is 350 g/mol. The number of hydrogen-bond acceptors (Lipinski definition) is 5. The van der Waals surface area contributed by atoms with Crippen LogP contribution in [-0.2, 0) is 23.3 Å². The second-order valence-corrected chi connectivity index (χ2v) is 8.11. The quantitative estimate of drug-likeness (QED) is 0.898. The van der Waals surface area contributed by atoms with Crippen LogP contribution in [-0.4, -0.2) is 41.1 Å². The molecule has 2 aliphatic heterocycles. The fraction of sp³-hybridized carbons (Fsp3) is 0.524. The standard InChI is InChI=1S/C21H26N4O/c1-2-4-17(5-3-1)12-25-9-8-21(14-25)15-26-13-18-11-23-20(24-19(18)21)22-10-16-6-7-16/h1-5,11,16H,6-10,12-15H2,(H,22,23,24). The first-order chi connectivity index (χ1) is 12.8. The first kappa shape index (κ1) is 16.2. The number of fused-ring (bicyclic) bond motifs is 2. The van der Waals surface area contributed by atoms with Crippen molar-refractivity contribution in [2.24, 2.45) is 5.92 Å². The zero-order valence-corrected chi connectivity index (χ0v) is 15.2. The van der Waals surface area contributed by atoms with Gasteiger partial charge in [0.1, 0.15) is 0 Å². The van der Waals surface area contributed by atoms with Crippen LogP contribution in [0.25, 0.3) is 0 Å². The van der Waals surface area contributed by atoms with Crippen molar-refractivity contribution in [2.75, 3.05) is 31.6 Å². The Balaban J connectivity index is 1.35. The Kier molecular flexibility index (Phi) is 4.14. The lowest BCUT2D eigenvalue weighted by molar-refractivity contribution is 0.0503. The fourth-order valence-corrected chi connectivity index (χ4v) is 4.29. The smallest absolute Gasteiger partial charge is 0.222 e. The third-order valence-electron chi connectivity index (χ3n) is 5.93. The molecule has 2 fully saturated rings. The highest BCUT2D eigenvalue weighted by Gasteiger charge is 2.44. The number of nitrogens with zero attached hydrogens (tertiary/aromatic N) is 3. The van der Waals surface area contributed by atoms with Crippen molar-refractivity contribution in [1.29, 1.82) is 0 Å². The Morgan fingerprint density at radius 3 is 2.96 bits per heavy atom. The summed E-state index contributed by atoms with van der Waals surface area (Å²) in [7, 11) is 0. The number of benzene rings is 1. The van der Waals surface area contributed by atoms with Gasteiger partial charge >= 0.3 is 0 Å². The Hall–Kier alpha value is -1.98. The van der Waals surface area contributed by atoms with E-state index < -0.39 is 0 Å². The Morgan fingerprint density at radius 2 is 2.12 bits per heavy atom. The molecule has 1 spiro atoms. The SMILES string of the molecule is c1ccc(CN2CCC3(COCc4cnc(NCC5CC5)nc43)C2)cc1. The van der Waals surface area contributed by atoms with Crippen molar-refractivity contribution in [3.8, 4) is 0 Å². The third kappa shape index (κ3) is 3.21. The van der Waals surface area contributed by atoms with Crippen LogP contribution in [0.4, 0.5) is 5.95 Å². The molecule has 3 heterocycles. The molecule has 1 unspecified atom stereocenters. The molecule has 1 aromatic carbocycles. The monoisotopic (exact) mass is 350 g/mol. The lowest BCUT2D eigenvalue weighted by atomic mass is 9.80. The highest BCUT2D eigenvalue weighted by Crippen LogP contribution is 2.39. The molecule has 0 amide bonds. The zero-order chi connectivity index (χ0) is 17.4. The summed E-state index contributed by atoms with van der Waals surface area (Å²) < 4.78 is 5.95. The summed E-state index contributed by atoms with van der Waals surface area (Å²) in [5, 5.41) is 3.44. The van der Waals surface area contributed by atoms with Gasteiger partial charge in [-0.2, -0.15) is 0 Å². The van der Waals surface area contributed by atoms with Crippen LogP contribution in [0.5, 0.6) is 0 Å². The Bertz CT molecular complexity index is 777. The number of nitrogens with one attached hydrogen (secondary N) is 1. The van der Waals surface area contributed by atoms with Gasteiger partial charge in [-0.3, -0.25) is 4.90 Å². The largest absolute Gasteiger partial charge is 0.376 e. The normalized spacial score (nSPS) is 25.4. The topological polar surface area (TPSA) is 50.3 Å². The van der Waals surface area contributed by atoms with E-state index in [9.17, 15) is 0 Å². The summed E-state index contributed by atoms with van der Waals surface area (Å²) in [5.41, 5.74) is 3.76. The summed E-state index contributed by atoms with van der Waals surface area (Å²) >= 11 is 0. The molecule has 1 N–H and O–H groups in total. The number of aromatic nitrogens is 2. The molecule has 0 radical (unpaired) electrons. The van der Waals surface area contributed by atoms with Crippen LogP contribution >= 0.6 is 0 Å². The van der Waals surface area contributed by atoms with Gasteiger partial charge in [-0.15, -0.1) is 0 Å². The molecule has 1 saturated carbocycles. The van der Waals surface area contributed by atoms with Crippen LogP contribution in [0, 0.1) is 5.92 Å². The highest BCUT2D eigenvalue weighted by atomic mass is 16.5. The molecule has 2 aromatic rings. The maximum Gasteiger partial charge on any atom is 0.222 e. The van der Waals surface area contributed by atoms with Crippen LogP contribution in [0.3, 0.4) is 0 Å². The molecule has 3 aliphatic rings. The molecule has 1 atom stereocenters. The van der Waals surface area contributed by atoms with E-state index in [1.807, 2.05) is 6.20 Å². The fourth-order valence-electron chi connectivity index (χ4n) is 4.29. The van der Waals surface area contributed by atoms with Crippen LogP contribution < -0.4 is 5.32 Å². The zero-order valence-electron chi connectivity index (χ0n) is 15.2. The van der Waals surface area contributed by atoms with E-state index in [2.05, 4.69) is 45.5 Å². The van der Waals surface area contributed by atoms with Gasteiger partial charge in [0.15, 0.2) is 0 Å². The van der Waals surface area contributed by atoms with E-state index in [0.29, 0.717) is 6.61 Å². The number of rotatable bonds is 5. The minimum Gasteiger partial charge on any atom is -0.376 e. The lowest BCUT2D eigenvalue weighted by Crippen LogP contribution is -2.40. The van der Waals surface area contributed by atoms with Gasteiger partial charge in [0.05, 0.1) is 24.3 Å². The summed E-state index contributed by atoms with van der Waals surface area (Å²) in [4.78, 5) is 12.0. The van der Waals surface area contributed by atoms with E-state index in [1.54, 1.807) is 0 Å². The van der Waals surface area contributed by atoms with Gasteiger partial charge in [0.2, 0.25) is 5.95 Å². The molecule has 136 valence electrons. The van der Waals surface area contributed by atoms with Crippen molar-refractivity contribution in [2.45, 2.75) is 37.8 Å². The van der Waals surface area contributed by atoms with Crippen LogP contribution in [0.15, 0.2) is 36.5 Å². The Morgan fingerprint density at radius 1 is 1.23 bits per heavy atom. The van der Waals surface area contributed by atoms with E-state index in [1.165, 1.54) is 24.1 Å². The van der Waals surface area contributed by atoms with Gasteiger partial charge in [0, 0.05) is 31.4 Å². The second-order valence-electron chi connectivity index (χ2n) is 8.11. The first-order valence-electron chi connectivity index (χ1n) is 9.75. The third-order valence-corrected chi connectivity index (χ3v) is 5.93. The van der Waals surface area contributed by atoms with Crippen LogP contribution in [0.1, 0.15) is 36.1 Å². The van der Waals surface area contributed by atoms with E-state index in [4.69, 9.17) is 9.72 Å². The molecule has 5 heteroatoms. The van der Waals surface area contributed by atoms with E-state index in [-0.39, 0.29) is 5.41 Å². The average Bonchev–Trinajstić information content (AvgIpc) is 3.43. The first-order valence-corrected chi connectivity index (χ1v) is 9.75. The summed E-state index contributed by atoms with van der Waals surface area (Å²) in [6.07, 6.45) is 5.75. The molecule has 1 aromatic heterocycles. The number of likely N-dealkylation sites (tertiary alicyclic amines) is 1. The summed E-state index contributed by atoms with van der Waals surface area (Å²) in [6.45, 7) is 5.50. The molecule has 26 heavy (non-hydrogen) atoms. The molecular formula is C21H26N4O. The number of hydrogen-bond donors (Lipinski definition) is 1. The molecule has 1 aliphatic carbocycles. The van der Waals surface area contributed by atoms with E-state index in [0.717, 1.165) is 56.6 Å². The Labute approximate surface area is 154 Å². The minimum absolute atomic E-state index is 0.0152. The van der Waals surface area contributed by atoms with Crippen molar-refractivity contribution in [1.82, 2.24) is 14.9 Å². The molecule has 5 rings (SSSR count). The van der Waals surface area contributed by atoms with Crippen molar-refractivity contribution in [3.05, 3.63) is 53.3 Å². The predicted molar refractivity (Wildman–Crippen MR) is 101 cm³/mol. The predicted octanol–water partition coefficient (Wildman–Crippen LogP) is 2.97. The summed E-state index contributed by atoms with van der Waals surface area (Å²) in [6, 6.07) is 10.7. The number of anilines is 1. The van der Waals surface area contributed by atoms with Gasteiger partial charge in [0.25, 0.3) is 0 Å². The van der Waals surface area contributed by atoms with Gasteiger partial charge < -0.3 is 10.1 Å². The molecule has 5 nitrogen and oxygen atoms in total. The second kappa shape index (κ2) is 6.63. The molecule has 1 saturated heterocycles. The van der Waals surface area contributed by atoms with E-state index >= 15 is 0 Å². The molecule has 0 bridgehead atoms. The van der Waals surface area contributed by atoms with Crippen molar-refractivity contribution < 1.29 is 4.74 Å². The maximum absolute atomic E-state index is 5.95. The van der Waals surface area contributed by atoms with Crippen molar-refractivity contribution >= 4 is 5.95 Å². The summed E-state index contributed by atoms with van der Waals surface area (Å²) in [5.74, 6) is 1.61.